The van der Waals surface area contributed by atoms with Gasteiger partial charge in [-0.15, -0.1) is 11.3 Å². The summed E-state index contributed by atoms with van der Waals surface area (Å²) in [5.74, 6) is -1.29. The largest absolute Gasteiger partial charge is 0.481 e. The minimum atomic E-state index is -0.832. The van der Waals surface area contributed by atoms with Crippen LogP contribution in [0.1, 0.15) is 31.7 Å². The van der Waals surface area contributed by atoms with E-state index in [4.69, 9.17) is 5.11 Å². The van der Waals surface area contributed by atoms with Gasteiger partial charge in [0, 0.05) is 24.7 Å². The van der Waals surface area contributed by atoms with Gasteiger partial charge in [-0.2, -0.15) is 0 Å². The summed E-state index contributed by atoms with van der Waals surface area (Å²) in [6, 6.07) is -0.226. The molecule has 0 bridgehead atoms. The van der Waals surface area contributed by atoms with Crippen LogP contribution in [0.3, 0.4) is 0 Å². The summed E-state index contributed by atoms with van der Waals surface area (Å²) in [5, 5.41) is 14.7. The van der Waals surface area contributed by atoms with E-state index in [1.165, 1.54) is 11.3 Å². The number of hydrogen-bond donors (Lipinski definition) is 2. The smallest absolute Gasteiger partial charge is 0.318 e. The molecule has 1 saturated heterocycles. The molecule has 2 N–H and O–H groups in total. The summed E-state index contributed by atoms with van der Waals surface area (Å²) in [7, 11) is 0. The second-order valence-corrected chi connectivity index (χ2v) is 6.41. The molecule has 6 nitrogen and oxygen atoms in total. The summed E-state index contributed by atoms with van der Waals surface area (Å²) in [6.07, 6.45) is 3.06. The highest BCUT2D eigenvalue weighted by Crippen LogP contribution is 2.23. The van der Waals surface area contributed by atoms with Crippen molar-refractivity contribution < 1.29 is 14.7 Å². The van der Waals surface area contributed by atoms with Gasteiger partial charge >= 0.3 is 12.0 Å². The van der Waals surface area contributed by atoms with Crippen molar-refractivity contribution in [1.82, 2.24) is 15.2 Å². The molecule has 20 heavy (non-hydrogen) atoms. The Labute approximate surface area is 121 Å². The third-order valence-corrected chi connectivity index (χ3v) is 4.54. The fourth-order valence-corrected chi connectivity index (χ4v) is 3.01. The number of amides is 2. The number of carbonyl (C=O) groups is 2. The average molecular weight is 297 g/mol. The van der Waals surface area contributed by atoms with Gasteiger partial charge in [0.2, 0.25) is 0 Å². The summed E-state index contributed by atoms with van der Waals surface area (Å²) < 4.78 is 0. The number of aromatic nitrogens is 1. The van der Waals surface area contributed by atoms with Crippen LogP contribution in [0.25, 0.3) is 0 Å². The van der Waals surface area contributed by atoms with Crippen LogP contribution >= 0.6 is 11.3 Å². The standard InChI is InChI=1S/C13H19N3O3S/c1-13(2,11-14-5-7-20-11)15-12(19)16-6-3-4-9(8-16)10(17)18/h5,7,9H,3-4,6,8H2,1-2H3,(H,15,19)(H,17,18). The molecule has 0 aliphatic carbocycles. The molecule has 1 aliphatic rings. The Kier molecular flexibility index (Phi) is 4.27. The van der Waals surface area contributed by atoms with E-state index in [0.29, 0.717) is 13.0 Å². The highest BCUT2D eigenvalue weighted by Gasteiger charge is 2.32. The van der Waals surface area contributed by atoms with E-state index in [-0.39, 0.29) is 12.6 Å². The highest BCUT2D eigenvalue weighted by atomic mass is 32.1. The lowest BCUT2D eigenvalue weighted by atomic mass is 9.98. The Bertz CT molecular complexity index is 487. The number of hydrogen-bond acceptors (Lipinski definition) is 4. The Morgan fingerprint density at radius 1 is 1.55 bits per heavy atom. The molecule has 110 valence electrons. The number of carboxylic acid groups (broad SMARTS) is 1. The summed E-state index contributed by atoms with van der Waals surface area (Å²) in [5.41, 5.74) is -0.554. The molecule has 2 rings (SSSR count). The Balaban J connectivity index is 1.99. The lowest BCUT2D eigenvalue weighted by Gasteiger charge is -2.34. The number of carboxylic acids is 1. The first-order valence-electron chi connectivity index (χ1n) is 6.60. The number of nitrogens with one attached hydrogen (secondary N) is 1. The SMILES string of the molecule is CC(C)(NC(=O)N1CCCC(C(=O)O)C1)c1nccs1. The van der Waals surface area contributed by atoms with Crippen LogP contribution in [-0.2, 0) is 10.3 Å². The number of aliphatic carboxylic acids is 1. The molecule has 0 spiro atoms. The van der Waals surface area contributed by atoms with E-state index in [9.17, 15) is 9.59 Å². The van der Waals surface area contributed by atoms with Crippen molar-refractivity contribution >= 4 is 23.3 Å². The fourth-order valence-electron chi connectivity index (χ4n) is 2.30. The van der Waals surface area contributed by atoms with Gasteiger partial charge in [-0.3, -0.25) is 4.79 Å². The summed E-state index contributed by atoms with van der Waals surface area (Å²) in [4.78, 5) is 29.1. The topological polar surface area (TPSA) is 82.5 Å². The van der Waals surface area contributed by atoms with E-state index in [1.54, 1.807) is 11.1 Å². The van der Waals surface area contributed by atoms with Crippen molar-refractivity contribution in [2.75, 3.05) is 13.1 Å². The van der Waals surface area contributed by atoms with Crippen LogP contribution in [0.4, 0.5) is 4.79 Å². The zero-order chi connectivity index (χ0) is 14.8. The van der Waals surface area contributed by atoms with Crippen molar-refractivity contribution in [2.45, 2.75) is 32.2 Å². The third-order valence-electron chi connectivity index (χ3n) is 3.44. The highest BCUT2D eigenvalue weighted by molar-refractivity contribution is 7.09. The van der Waals surface area contributed by atoms with Crippen LogP contribution in [0.5, 0.6) is 0 Å². The van der Waals surface area contributed by atoms with Crippen LogP contribution in [0.2, 0.25) is 0 Å². The molecule has 2 heterocycles. The molecule has 0 radical (unpaired) electrons. The number of likely N-dealkylation sites (tertiary alicyclic amines) is 1. The first-order valence-corrected chi connectivity index (χ1v) is 7.48. The lowest BCUT2D eigenvalue weighted by molar-refractivity contribution is -0.143. The molecule has 7 heteroatoms. The van der Waals surface area contributed by atoms with Gasteiger partial charge in [-0.1, -0.05) is 0 Å². The van der Waals surface area contributed by atoms with E-state index in [1.807, 2.05) is 19.2 Å². The second-order valence-electron chi connectivity index (χ2n) is 5.52. The molecular formula is C13H19N3O3S. The van der Waals surface area contributed by atoms with Gasteiger partial charge < -0.3 is 15.3 Å². The molecule has 0 aromatic carbocycles. The van der Waals surface area contributed by atoms with Crippen LogP contribution in [0, 0.1) is 5.92 Å². The normalized spacial score (nSPS) is 19.7. The van der Waals surface area contributed by atoms with Crippen molar-refractivity contribution in [1.29, 1.82) is 0 Å². The maximum absolute atomic E-state index is 12.3. The third kappa shape index (κ3) is 3.27. The number of nitrogens with zero attached hydrogens (tertiary/aromatic N) is 2. The Hall–Kier alpha value is -1.63. The zero-order valence-electron chi connectivity index (χ0n) is 11.6. The van der Waals surface area contributed by atoms with Gasteiger partial charge in [-0.05, 0) is 26.7 Å². The number of piperidine rings is 1. The van der Waals surface area contributed by atoms with Crippen molar-refractivity contribution in [3.05, 3.63) is 16.6 Å². The average Bonchev–Trinajstić information content (AvgIpc) is 2.93. The minimum Gasteiger partial charge on any atom is -0.481 e. The number of urea groups is 1. The first-order chi connectivity index (χ1) is 9.40. The molecule has 1 fully saturated rings. The predicted molar refractivity (Wildman–Crippen MR) is 75.6 cm³/mol. The van der Waals surface area contributed by atoms with Gasteiger partial charge in [0.25, 0.3) is 0 Å². The van der Waals surface area contributed by atoms with Gasteiger partial charge in [0.1, 0.15) is 5.01 Å². The molecule has 2 amide bonds. The van der Waals surface area contributed by atoms with Crippen LogP contribution < -0.4 is 5.32 Å². The fraction of sp³-hybridized carbons (Fsp3) is 0.615. The van der Waals surface area contributed by atoms with Crippen molar-refractivity contribution in [3.8, 4) is 0 Å². The maximum atomic E-state index is 12.3. The monoisotopic (exact) mass is 297 g/mol. The van der Waals surface area contributed by atoms with Gasteiger partial charge in [-0.25, -0.2) is 9.78 Å². The van der Waals surface area contributed by atoms with Crippen LogP contribution in [0.15, 0.2) is 11.6 Å². The Morgan fingerprint density at radius 2 is 2.30 bits per heavy atom. The van der Waals surface area contributed by atoms with E-state index in [2.05, 4.69) is 10.3 Å². The molecule has 1 aromatic rings. The number of rotatable bonds is 3. The first kappa shape index (κ1) is 14.8. The minimum absolute atomic E-state index is 0.226. The van der Waals surface area contributed by atoms with E-state index in [0.717, 1.165) is 11.4 Å². The molecule has 1 atom stereocenters. The molecule has 1 aliphatic heterocycles. The predicted octanol–water partition coefficient (Wildman–Crippen LogP) is 1.88. The summed E-state index contributed by atoms with van der Waals surface area (Å²) in [6.45, 7) is 4.66. The van der Waals surface area contributed by atoms with Crippen LogP contribution in [-0.4, -0.2) is 40.1 Å². The van der Waals surface area contributed by atoms with Crippen molar-refractivity contribution in [2.24, 2.45) is 5.92 Å². The molecule has 0 saturated carbocycles. The lowest BCUT2D eigenvalue weighted by Crippen LogP contribution is -2.52. The zero-order valence-corrected chi connectivity index (χ0v) is 12.4. The van der Waals surface area contributed by atoms with E-state index < -0.39 is 17.4 Å². The maximum Gasteiger partial charge on any atom is 0.318 e. The van der Waals surface area contributed by atoms with Crippen molar-refractivity contribution in [3.63, 3.8) is 0 Å². The molecule has 1 aromatic heterocycles. The molecular weight excluding hydrogens is 278 g/mol. The second kappa shape index (κ2) is 5.78. The number of thiazole rings is 1. The quantitative estimate of drug-likeness (QED) is 0.892. The Morgan fingerprint density at radius 3 is 2.90 bits per heavy atom. The van der Waals surface area contributed by atoms with Gasteiger partial charge in [0.05, 0.1) is 11.5 Å². The van der Waals surface area contributed by atoms with E-state index >= 15 is 0 Å². The van der Waals surface area contributed by atoms with Gasteiger partial charge in [0.15, 0.2) is 0 Å². The molecule has 1 unspecified atom stereocenters. The number of carbonyl (C=O) groups excluding carboxylic acids is 1. The summed E-state index contributed by atoms with van der Waals surface area (Å²) >= 11 is 1.49.